The first kappa shape index (κ1) is 7.53. The van der Waals surface area contributed by atoms with Gasteiger partial charge in [-0.25, -0.2) is 4.39 Å². The second-order valence-electron chi connectivity index (χ2n) is 1.95. The van der Waals surface area contributed by atoms with Gasteiger partial charge >= 0.3 is 0 Å². The molecule has 0 aliphatic carbocycles. The molecule has 0 saturated heterocycles. The minimum absolute atomic E-state index is 0.0486. The van der Waals surface area contributed by atoms with E-state index in [-0.39, 0.29) is 11.3 Å². The quantitative estimate of drug-likeness (QED) is 0.365. The van der Waals surface area contributed by atoms with Crippen molar-refractivity contribution in [1.29, 1.82) is 0 Å². The van der Waals surface area contributed by atoms with Crippen LogP contribution in [0.5, 0.6) is 5.75 Å². The number of phenols is 1. The molecule has 0 aliphatic rings. The first-order valence-electron chi connectivity index (χ1n) is 2.90. The minimum atomic E-state index is -0.541. The Morgan fingerprint density at radius 1 is 1.45 bits per heavy atom. The maximum Gasteiger partial charge on any atom is 0.132 e. The third-order valence-electron chi connectivity index (χ3n) is 1.18. The van der Waals surface area contributed by atoms with Gasteiger partial charge in [0.15, 0.2) is 0 Å². The number of aromatic hydroxyl groups is 1. The van der Waals surface area contributed by atoms with E-state index < -0.39 is 5.82 Å². The van der Waals surface area contributed by atoms with Crippen molar-refractivity contribution < 1.29 is 14.7 Å². The Morgan fingerprint density at radius 2 is 2.18 bits per heavy atom. The number of phenolic OH excluding ortho intramolecular Hbond substituents is 1. The summed E-state index contributed by atoms with van der Waals surface area (Å²) in [6.45, 7) is 0. The zero-order chi connectivity index (χ0) is 8.27. The molecular weight excluding hydrogens is 149 g/mol. The lowest BCUT2D eigenvalue weighted by atomic mass is 10.2. The van der Waals surface area contributed by atoms with Crippen molar-refractivity contribution in [3.8, 4) is 5.75 Å². The van der Waals surface area contributed by atoms with E-state index in [4.69, 9.17) is 10.3 Å². The summed E-state index contributed by atoms with van der Waals surface area (Å²) < 4.78 is 12.6. The molecule has 4 heteroatoms. The lowest BCUT2D eigenvalue weighted by Gasteiger charge is -1.95. The van der Waals surface area contributed by atoms with Crippen molar-refractivity contribution in [2.24, 2.45) is 5.16 Å². The number of nitrogens with zero attached hydrogens (tertiary/aromatic N) is 1. The summed E-state index contributed by atoms with van der Waals surface area (Å²) in [5.41, 5.74) is 0.0486. The zero-order valence-corrected chi connectivity index (χ0v) is 5.53. The Labute approximate surface area is 62.4 Å². The van der Waals surface area contributed by atoms with Gasteiger partial charge in [-0.1, -0.05) is 5.16 Å². The largest absolute Gasteiger partial charge is 0.508 e. The van der Waals surface area contributed by atoms with E-state index in [0.717, 1.165) is 18.3 Å². The smallest absolute Gasteiger partial charge is 0.132 e. The van der Waals surface area contributed by atoms with Crippen molar-refractivity contribution in [3.63, 3.8) is 0 Å². The van der Waals surface area contributed by atoms with Crippen LogP contribution in [0.2, 0.25) is 0 Å². The van der Waals surface area contributed by atoms with Crippen LogP contribution in [-0.4, -0.2) is 16.5 Å². The highest BCUT2D eigenvalue weighted by atomic mass is 19.1. The second kappa shape index (κ2) is 3.01. The molecule has 0 heterocycles. The molecule has 1 aromatic carbocycles. The predicted octanol–water partition coefficient (Wildman–Crippen LogP) is 1.34. The first-order chi connectivity index (χ1) is 5.24. The molecule has 0 spiro atoms. The molecule has 1 aromatic rings. The van der Waals surface area contributed by atoms with Crippen LogP contribution < -0.4 is 0 Å². The third-order valence-corrected chi connectivity index (χ3v) is 1.18. The fraction of sp³-hybridized carbons (Fsp3) is 0. The lowest BCUT2D eigenvalue weighted by Crippen LogP contribution is -1.86. The first-order valence-corrected chi connectivity index (χ1v) is 2.90. The van der Waals surface area contributed by atoms with Crippen molar-refractivity contribution >= 4 is 6.21 Å². The van der Waals surface area contributed by atoms with E-state index in [1.807, 2.05) is 0 Å². The van der Waals surface area contributed by atoms with Crippen molar-refractivity contribution in [1.82, 2.24) is 0 Å². The second-order valence-corrected chi connectivity index (χ2v) is 1.95. The molecule has 3 nitrogen and oxygen atoms in total. The highest BCUT2D eigenvalue weighted by Crippen LogP contribution is 2.12. The number of halogens is 1. The molecule has 0 atom stereocenters. The summed E-state index contributed by atoms with van der Waals surface area (Å²) in [5, 5.41) is 19.5. The van der Waals surface area contributed by atoms with Crippen LogP contribution >= 0.6 is 0 Å². The van der Waals surface area contributed by atoms with Gasteiger partial charge in [-0.05, 0) is 18.2 Å². The molecule has 2 N–H and O–H groups in total. The van der Waals surface area contributed by atoms with Gasteiger partial charge in [0, 0.05) is 5.56 Å². The number of hydrogen-bond acceptors (Lipinski definition) is 3. The third kappa shape index (κ3) is 1.67. The van der Waals surface area contributed by atoms with Gasteiger partial charge in [0.2, 0.25) is 0 Å². The van der Waals surface area contributed by atoms with E-state index in [1.54, 1.807) is 0 Å². The Morgan fingerprint density at radius 3 is 2.82 bits per heavy atom. The SMILES string of the molecule is O/N=C/c1cc(O)ccc1F. The number of rotatable bonds is 1. The van der Waals surface area contributed by atoms with Gasteiger partial charge in [-0.3, -0.25) is 0 Å². The van der Waals surface area contributed by atoms with Crippen LogP contribution in [0, 0.1) is 5.82 Å². The van der Waals surface area contributed by atoms with Crippen LogP contribution in [0.4, 0.5) is 4.39 Å². The van der Waals surface area contributed by atoms with Gasteiger partial charge < -0.3 is 10.3 Å². The summed E-state index contributed by atoms with van der Waals surface area (Å²) >= 11 is 0. The molecule has 1 rings (SSSR count). The topological polar surface area (TPSA) is 52.8 Å². The Bertz CT molecular complexity index is 286. The van der Waals surface area contributed by atoms with Gasteiger partial charge in [-0.2, -0.15) is 0 Å². The number of oxime groups is 1. The Balaban J connectivity index is 3.12. The summed E-state index contributed by atoms with van der Waals surface area (Å²) in [5.74, 6) is -0.609. The summed E-state index contributed by atoms with van der Waals surface area (Å²) in [7, 11) is 0. The number of benzene rings is 1. The van der Waals surface area contributed by atoms with Crippen molar-refractivity contribution in [2.45, 2.75) is 0 Å². The van der Waals surface area contributed by atoms with Gasteiger partial charge in [0.05, 0.1) is 6.21 Å². The fourth-order valence-electron chi connectivity index (χ4n) is 0.692. The summed E-state index contributed by atoms with van der Waals surface area (Å²) in [6, 6.07) is 3.46. The van der Waals surface area contributed by atoms with Crippen molar-refractivity contribution in [3.05, 3.63) is 29.6 Å². The van der Waals surface area contributed by atoms with E-state index in [0.29, 0.717) is 0 Å². The maximum atomic E-state index is 12.6. The molecule has 11 heavy (non-hydrogen) atoms. The zero-order valence-electron chi connectivity index (χ0n) is 5.53. The highest BCUT2D eigenvalue weighted by Gasteiger charge is 1.99. The Kier molecular flexibility index (Phi) is 2.06. The molecule has 0 aliphatic heterocycles. The highest BCUT2D eigenvalue weighted by molar-refractivity contribution is 5.80. The van der Waals surface area contributed by atoms with Gasteiger partial charge in [-0.15, -0.1) is 0 Å². The lowest BCUT2D eigenvalue weighted by molar-refractivity contribution is 0.321. The van der Waals surface area contributed by atoms with Crippen LogP contribution in [0.25, 0.3) is 0 Å². The van der Waals surface area contributed by atoms with Crippen LogP contribution in [-0.2, 0) is 0 Å². The standard InChI is InChI=1S/C7H6FNO2/c8-7-2-1-6(10)3-5(7)4-9-11/h1-4,10-11H/b9-4+. The summed E-state index contributed by atoms with van der Waals surface area (Å²) in [6.07, 6.45) is 0.912. The van der Waals surface area contributed by atoms with Crippen LogP contribution in [0.15, 0.2) is 23.4 Å². The minimum Gasteiger partial charge on any atom is -0.508 e. The predicted molar refractivity (Wildman–Crippen MR) is 37.4 cm³/mol. The van der Waals surface area contributed by atoms with Gasteiger partial charge in [0.1, 0.15) is 11.6 Å². The van der Waals surface area contributed by atoms with Crippen LogP contribution in [0.1, 0.15) is 5.56 Å². The molecule has 58 valence electrons. The van der Waals surface area contributed by atoms with E-state index in [2.05, 4.69) is 5.16 Å². The summed E-state index contributed by atoms with van der Waals surface area (Å²) in [4.78, 5) is 0. The normalized spacial score (nSPS) is 10.6. The maximum absolute atomic E-state index is 12.6. The molecule has 0 amide bonds. The average molecular weight is 155 g/mol. The molecular formula is C7H6FNO2. The Hall–Kier alpha value is -1.58. The molecule has 0 saturated carbocycles. The molecule has 0 unspecified atom stereocenters. The van der Waals surface area contributed by atoms with Crippen LogP contribution in [0.3, 0.4) is 0 Å². The van der Waals surface area contributed by atoms with E-state index >= 15 is 0 Å². The molecule has 0 aromatic heterocycles. The molecule has 0 radical (unpaired) electrons. The van der Waals surface area contributed by atoms with E-state index in [1.165, 1.54) is 6.07 Å². The average Bonchev–Trinajstić information content (AvgIpc) is 1.98. The fourth-order valence-corrected chi connectivity index (χ4v) is 0.692. The van der Waals surface area contributed by atoms with E-state index in [9.17, 15) is 4.39 Å². The molecule has 0 fully saturated rings. The monoisotopic (exact) mass is 155 g/mol. The number of hydrogen-bond donors (Lipinski definition) is 2. The van der Waals surface area contributed by atoms with Gasteiger partial charge in [0.25, 0.3) is 0 Å². The molecule has 0 bridgehead atoms. The van der Waals surface area contributed by atoms with Crippen molar-refractivity contribution in [2.75, 3.05) is 0 Å².